The number of carbonyl (C=O) groups excluding carboxylic acids is 1. The lowest BCUT2D eigenvalue weighted by Gasteiger charge is -2.33. The van der Waals surface area contributed by atoms with Crippen molar-refractivity contribution in [1.29, 1.82) is 0 Å². The second kappa shape index (κ2) is 13.0. The topological polar surface area (TPSA) is 38.8 Å². The fourth-order valence-electron chi connectivity index (χ4n) is 4.44. The predicted molar refractivity (Wildman–Crippen MR) is 150 cm³/mol. The molecule has 3 rings (SSSR count). The highest BCUT2D eigenvalue weighted by Crippen LogP contribution is 2.31. The summed E-state index contributed by atoms with van der Waals surface area (Å²) in [5, 5.41) is 0. The van der Waals surface area contributed by atoms with E-state index < -0.39 is 12.4 Å². The smallest absolute Gasteiger partial charge is 0.464 e. The number of ether oxygens (including phenoxy) is 2. The Morgan fingerprint density at radius 3 is 2.13 bits per heavy atom. The van der Waals surface area contributed by atoms with Crippen LogP contribution in [-0.2, 0) is 21.5 Å². The SMILES string of the molecule is CCCCC(C(=O)OCC)N(Cc1ccc(C(C)(C)C)cc1)c1cccc(-c2ccc(OC(F)(F)F)cc2)c1. The monoisotopic (exact) mass is 541 g/mol. The minimum Gasteiger partial charge on any atom is -0.464 e. The number of rotatable bonds is 11. The number of halogens is 3. The summed E-state index contributed by atoms with van der Waals surface area (Å²) in [5.41, 5.74) is 4.71. The number of anilines is 1. The summed E-state index contributed by atoms with van der Waals surface area (Å²) in [6.45, 7) is 11.2. The number of benzene rings is 3. The lowest BCUT2D eigenvalue weighted by Crippen LogP contribution is -2.42. The van der Waals surface area contributed by atoms with Gasteiger partial charge in [0.2, 0.25) is 0 Å². The van der Waals surface area contributed by atoms with Gasteiger partial charge < -0.3 is 14.4 Å². The van der Waals surface area contributed by atoms with Gasteiger partial charge in [0.15, 0.2) is 0 Å². The number of unbranched alkanes of at least 4 members (excludes halogenated alkanes) is 1. The molecule has 3 aromatic carbocycles. The first kappa shape index (κ1) is 30.1. The Labute approximate surface area is 229 Å². The average molecular weight is 542 g/mol. The molecule has 4 nitrogen and oxygen atoms in total. The van der Waals surface area contributed by atoms with Crippen molar-refractivity contribution in [2.45, 2.75) is 78.2 Å². The summed E-state index contributed by atoms with van der Waals surface area (Å²) < 4.78 is 47.2. The Bertz CT molecular complexity index is 1200. The van der Waals surface area contributed by atoms with Gasteiger partial charge in [0.05, 0.1) is 6.61 Å². The molecule has 1 unspecified atom stereocenters. The van der Waals surface area contributed by atoms with E-state index in [1.54, 1.807) is 19.1 Å². The maximum atomic E-state index is 13.2. The molecule has 7 heteroatoms. The highest BCUT2D eigenvalue weighted by Gasteiger charge is 2.31. The van der Waals surface area contributed by atoms with Crippen molar-refractivity contribution in [3.05, 3.63) is 83.9 Å². The molecule has 0 aromatic heterocycles. The maximum absolute atomic E-state index is 13.2. The third kappa shape index (κ3) is 8.77. The Kier molecular flexibility index (Phi) is 10.1. The number of hydrogen-bond donors (Lipinski definition) is 0. The van der Waals surface area contributed by atoms with E-state index in [1.807, 2.05) is 24.3 Å². The molecular weight excluding hydrogens is 503 g/mol. The molecule has 0 aliphatic rings. The second-order valence-electron chi connectivity index (χ2n) is 10.6. The summed E-state index contributed by atoms with van der Waals surface area (Å²) in [6, 6.07) is 21.4. The number of hydrogen-bond acceptors (Lipinski definition) is 4. The molecule has 0 heterocycles. The van der Waals surface area contributed by atoms with E-state index in [0.717, 1.165) is 35.2 Å². The average Bonchev–Trinajstić information content (AvgIpc) is 2.88. The van der Waals surface area contributed by atoms with E-state index >= 15 is 0 Å². The zero-order valence-electron chi connectivity index (χ0n) is 23.3. The van der Waals surface area contributed by atoms with Gasteiger partial charge in [-0.25, -0.2) is 4.79 Å². The summed E-state index contributed by atoms with van der Waals surface area (Å²) >= 11 is 0. The van der Waals surface area contributed by atoms with Gasteiger partial charge in [-0.1, -0.05) is 89.1 Å². The lowest BCUT2D eigenvalue weighted by atomic mass is 9.86. The first-order valence-corrected chi connectivity index (χ1v) is 13.4. The van der Waals surface area contributed by atoms with E-state index in [2.05, 4.69) is 61.6 Å². The molecule has 0 bridgehead atoms. The summed E-state index contributed by atoms with van der Waals surface area (Å²) in [7, 11) is 0. The van der Waals surface area contributed by atoms with Crippen LogP contribution in [0, 0.1) is 0 Å². The zero-order valence-corrected chi connectivity index (χ0v) is 23.3. The van der Waals surface area contributed by atoms with Gasteiger partial charge in [-0.3, -0.25) is 0 Å². The number of nitrogens with zero attached hydrogens (tertiary/aromatic N) is 1. The quantitative estimate of drug-likeness (QED) is 0.228. The maximum Gasteiger partial charge on any atom is 0.573 e. The van der Waals surface area contributed by atoms with E-state index in [1.165, 1.54) is 17.7 Å². The van der Waals surface area contributed by atoms with Crippen LogP contribution in [0.5, 0.6) is 5.75 Å². The van der Waals surface area contributed by atoms with Crippen LogP contribution in [0.25, 0.3) is 11.1 Å². The molecule has 1 atom stereocenters. The normalized spacial score (nSPS) is 12.6. The van der Waals surface area contributed by atoms with E-state index in [0.29, 0.717) is 19.6 Å². The van der Waals surface area contributed by atoms with Gasteiger partial charge in [0.1, 0.15) is 11.8 Å². The summed E-state index contributed by atoms with van der Waals surface area (Å²) in [6.07, 6.45) is -2.30. The first-order chi connectivity index (χ1) is 18.4. The van der Waals surface area contributed by atoms with Crippen LogP contribution in [0.3, 0.4) is 0 Å². The Morgan fingerprint density at radius 2 is 1.56 bits per heavy atom. The van der Waals surface area contributed by atoms with Gasteiger partial charge in [-0.05, 0) is 65.3 Å². The highest BCUT2D eigenvalue weighted by molar-refractivity contribution is 5.81. The lowest BCUT2D eigenvalue weighted by molar-refractivity contribution is -0.274. The molecule has 0 N–H and O–H groups in total. The molecular formula is C32H38F3NO3. The van der Waals surface area contributed by atoms with E-state index in [9.17, 15) is 18.0 Å². The predicted octanol–water partition coefficient (Wildman–Crippen LogP) is 8.68. The molecule has 0 saturated carbocycles. The summed E-state index contributed by atoms with van der Waals surface area (Å²) in [5.74, 6) is -0.541. The Balaban J connectivity index is 1.99. The second-order valence-corrected chi connectivity index (χ2v) is 10.6. The number of carbonyl (C=O) groups is 1. The van der Waals surface area contributed by atoms with Crippen molar-refractivity contribution in [1.82, 2.24) is 0 Å². The van der Waals surface area contributed by atoms with E-state index in [-0.39, 0.29) is 17.1 Å². The third-order valence-corrected chi connectivity index (χ3v) is 6.54. The molecule has 210 valence electrons. The van der Waals surface area contributed by atoms with Crippen LogP contribution < -0.4 is 9.64 Å². The van der Waals surface area contributed by atoms with Crippen LogP contribution in [0.15, 0.2) is 72.8 Å². The fraction of sp³-hybridized carbons (Fsp3) is 0.406. The van der Waals surface area contributed by atoms with Crippen LogP contribution in [-0.4, -0.2) is 25.0 Å². The van der Waals surface area contributed by atoms with Crippen molar-refractivity contribution >= 4 is 11.7 Å². The summed E-state index contributed by atoms with van der Waals surface area (Å²) in [4.78, 5) is 15.3. The van der Waals surface area contributed by atoms with Crippen LogP contribution in [0.4, 0.5) is 18.9 Å². The number of esters is 1. The minimum absolute atomic E-state index is 0.0296. The van der Waals surface area contributed by atoms with Gasteiger partial charge in [0, 0.05) is 12.2 Å². The highest BCUT2D eigenvalue weighted by atomic mass is 19.4. The van der Waals surface area contributed by atoms with Gasteiger partial charge in [-0.2, -0.15) is 0 Å². The van der Waals surface area contributed by atoms with Gasteiger partial charge >= 0.3 is 12.3 Å². The molecule has 0 spiro atoms. The standard InChI is InChI=1S/C32H38F3NO3/c1-6-8-12-29(30(37)38-7-2)36(22-23-13-17-26(18-14-23)31(3,4)5)27-11-9-10-25(21-27)24-15-19-28(20-16-24)39-32(33,34)35/h9-11,13-21,29H,6-8,12,22H2,1-5H3. The zero-order chi connectivity index (χ0) is 28.6. The van der Waals surface area contributed by atoms with Crippen molar-refractivity contribution in [2.24, 2.45) is 0 Å². The van der Waals surface area contributed by atoms with Crippen molar-refractivity contribution < 1.29 is 27.4 Å². The van der Waals surface area contributed by atoms with Crippen LogP contribution >= 0.6 is 0 Å². The molecule has 0 aliphatic carbocycles. The first-order valence-electron chi connectivity index (χ1n) is 13.4. The molecule has 0 amide bonds. The molecule has 0 fully saturated rings. The molecule has 0 aliphatic heterocycles. The Morgan fingerprint density at radius 1 is 0.897 bits per heavy atom. The fourth-order valence-corrected chi connectivity index (χ4v) is 4.44. The van der Waals surface area contributed by atoms with Gasteiger partial charge in [-0.15, -0.1) is 13.2 Å². The molecule has 0 radical (unpaired) electrons. The molecule has 3 aromatic rings. The van der Waals surface area contributed by atoms with Crippen molar-refractivity contribution in [3.63, 3.8) is 0 Å². The molecule has 0 saturated heterocycles. The van der Waals surface area contributed by atoms with Crippen LogP contribution in [0.2, 0.25) is 0 Å². The third-order valence-electron chi connectivity index (χ3n) is 6.54. The van der Waals surface area contributed by atoms with Crippen LogP contribution in [0.1, 0.15) is 65.0 Å². The Hall–Kier alpha value is -3.48. The van der Waals surface area contributed by atoms with Crippen molar-refractivity contribution in [2.75, 3.05) is 11.5 Å². The van der Waals surface area contributed by atoms with Crippen molar-refractivity contribution in [3.8, 4) is 16.9 Å². The number of alkyl halides is 3. The largest absolute Gasteiger partial charge is 0.573 e. The van der Waals surface area contributed by atoms with Gasteiger partial charge in [0.25, 0.3) is 0 Å². The molecule has 39 heavy (non-hydrogen) atoms. The minimum atomic E-state index is -4.74. The van der Waals surface area contributed by atoms with E-state index in [4.69, 9.17) is 4.74 Å².